The largest absolute Gasteiger partial charge is 0.288 e. The van der Waals surface area contributed by atoms with E-state index in [0.29, 0.717) is 11.1 Å². The summed E-state index contributed by atoms with van der Waals surface area (Å²) in [5.74, 6) is -0.365. The van der Waals surface area contributed by atoms with Gasteiger partial charge in [0, 0.05) is 10.4 Å². The lowest BCUT2D eigenvalue weighted by Crippen LogP contribution is -2.00. The fourth-order valence-electron chi connectivity index (χ4n) is 2.66. The molecule has 0 bridgehead atoms. The molecule has 1 aliphatic carbocycles. The number of benzene rings is 1. The Balaban J connectivity index is 1.92. The average Bonchev–Trinajstić information content (AvgIpc) is 2.72. The SMILES string of the molecule is Cc1ccc(C(=O)c2cc3c(s2)CCCCC3)cc1F. The summed E-state index contributed by atoms with van der Waals surface area (Å²) >= 11 is 1.59. The van der Waals surface area contributed by atoms with E-state index in [9.17, 15) is 9.18 Å². The predicted octanol–water partition coefficient (Wildman–Crippen LogP) is 4.70. The molecule has 0 unspecified atom stereocenters. The molecule has 2 aromatic rings. The Morgan fingerprint density at radius 1 is 1.15 bits per heavy atom. The van der Waals surface area contributed by atoms with Gasteiger partial charge in [0.25, 0.3) is 0 Å². The molecule has 0 amide bonds. The fourth-order valence-corrected chi connectivity index (χ4v) is 3.87. The molecule has 0 atom stereocenters. The Bertz CT molecular complexity index is 634. The molecule has 0 saturated carbocycles. The monoisotopic (exact) mass is 288 g/mol. The molecule has 3 heteroatoms. The molecule has 3 rings (SSSR count). The molecule has 1 aromatic heterocycles. The zero-order valence-corrected chi connectivity index (χ0v) is 12.4. The van der Waals surface area contributed by atoms with Crippen LogP contribution in [0, 0.1) is 12.7 Å². The van der Waals surface area contributed by atoms with Crippen molar-refractivity contribution in [3.05, 3.63) is 56.5 Å². The number of carbonyl (C=O) groups is 1. The Morgan fingerprint density at radius 3 is 2.75 bits per heavy atom. The van der Waals surface area contributed by atoms with Crippen LogP contribution < -0.4 is 0 Å². The van der Waals surface area contributed by atoms with Gasteiger partial charge in [0.15, 0.2) is 0 Å². The number of hydrogen-bond donors (Lipinski definition) is 0. The minimum absolute atomic E-state index is 0.0537. The summed E-state index contributed by atoms with van der Waals surface area (Å²) in [7, 11) is 0. The number of ketones is 1. The van der Waals surface area contributed by atoms with Crippen molar-refractivity contribution in [1.82, 2.24) is 0 Å². The van der Waals surface area contributed by atoms with Crippen LogP contribution in [-0.2, 0) is 12.8 Å². The van der Waals surface area contributed by atoms with E-state index >= 15 is 0 Å². The van der Waals surface area contributed by atoms with E-state index in [-0.39, 0.29) is 11.6 Å². The Labute approximate surface area is 122 Å². The first-order valence-corrected chi connectivity index (χ1v) is 7.89. The van der Waals surface area contributed by atoms with E-state index in [1.165, 1.54) is 35.8 Å². The molecule has 0 fully saturated rings. The fraction of sp³-hybridized carbons (Fsp3) is 0.353. The first kappa shape index (κ1) is 13.5. The van der Waals surface area contributed by atoms with Crippen molar-refractivity contribution >= 4 is 17.1 Å². The molecule has 104 valence electrons. The second kappa shape index (κ2) is 5.49. The first-order valence-electron chi connectivity index (χ1n) is 7.07. The highest BCUT2D eigenvalue weighted by atomic mass is 32.1. The minimum atomic E-state index is -0.311. The van der Waals surface area contributed by atoms with E-state index in [4.69, 9.17) is 0 Å². The highest BCUT2D eigenvalue weighted by molar-refractivity contribution is 7.14. The van der Waals surface area contributed by atoms with E-state index < -0.39 is 0 Å². The number of halogens is 1. The zero-order chi connectivity index (χ0) is 14.1. The van der Waals surface area contributed by atoms with Crippen molar-refractivity contribution in [1.29, 1.82) is 0 Å². The third kappa shape index (κ3) is 2.55. The van der Waals surface area contributed by atoms with Gasteiger partial charge in [-0.15, -0.1) is 11.3 Å². The van der Waals surface area contributed by atoms with Gasteiger partial charge < -0.3 is 0 Å². The van der Waals surface area contributed by atoms with Crippen molar-refractivity contribution in [3.8, 4) is 0 Å². The van der Waals surface area contributed by atoms with Crippen molar-refractivity contribution in [2.75, 3.05) is 0 Å². The van der Waals surface area contributed by atoms with Gasteiger partial charge >= 0.3 is 0 Å². The second-order valence-corrected chi connectivity index (χ2v) is 6.55. The number of aryl methyl sites for hydroxylation is 3. The normalized spacial score (nSPS) is 14.7. The van der Waals surface area contributed by atoms with Crippen LogP contribution in [0.25, 0.3) is 0 Å². The van der Waals surface area contributed by atoms with Crippen LogP contribution in [-0.4, -0.2) is 5.78 Å². The second-order valence-electron chi connectivity index (χ2n) is 5.41. The number of thiophene rings is 1. The topological polar surface area (TPSA) is 17.1 Å². The van der Waals surface area contributed by atoms with Gasteiger partial charge in [0.2, 0.25) is 5.78 Å². The lowest BCUT2D eigenvalue weighted by atomic mass is 10.1. The highest BCUT2D eigenvalue weighted by Crippen LogP contribution is 2.30. The van der Waals surface area contributed by atoms with Crippen molar-refractivity contribution in [3.63, 3.8) is 0 Å². The van der Waals surface area contributed by atoms with Gasteiger partial charge in [-0.3, -0.25) is 4.79 Å². The van der Waals surface area contributed by atoms with Crippen molar-refractivity contribution < 1.29 is 9.18 Å². The quantitative estimate of drug-likeness (QED) is 0.578. The smallest absolute Gasteiger partial charge is 0.203 e. The standard InChI is InChI=1S/C17H17FOS/c1-11-7-8-13(9-14(11)18)17(19)16-10-12-5-3-2-4-6-15(12)20-16/h7-10H,2-6H2,1H3. The molecular formula is C17H17FOS. The van der Waals surface area contributed by atoms with E-state index in [0.717, 1.165) is 17.7 Å². The van der Waals surface area contributed by atoms with Gasteiger partial charge in [0.1, 0.15) is 5.82 Å². The minimum Gasteiger partial charge on any atom is -0.288 e. The average molecular weight is 288 g/mol. The maximum absolute atomic E-state index is 13.6. The lowest BCUT2D eigenvalue weighted by molar-refractivity contribution is 0.104. The third-order valence-electron chi connectivity index (χ3n) is 3.90. The summed E-state index contributed by atoms with van der Waals surface area (Å²) in [5, 5.41) is 0. The number of hydrogen-bond acceptors (Lipinski definition) is 2. The molecular weight excluding hydrogens is 271 g/mol. The molecule has 0 N–H and O–H groups in total. The summed E-state index contributed by atoms with van der Waals surface area (Å²) in [6, 6.07) is 6.75. The molecule has 0 radical (unpaired) electrons. The van der Waals surface area contributed by atoms with E-state index in [1.54, 1.807) is 30.4 Å². The molecule has 1 heterocycles. The van der Waals surface area contributed by atoms with Crippen molar-refractivity contribution in [2.24, 2.45) is 0 Å². The van der Waals surface area contributed by atoms with Crippen LogP contribution in [0.2, 0.25) is 0 Å². The maximum atomic E-state index is 13.6. The number of carbonyl (C=O) groups excluding carboxylic acids is 1. The van der Waals surface area contributed by atoms with Gasteiger partial charge in [0.05, 0.1) is 4.88 Å². The van der Waals surface area contributed by atoms with Crippen LogP contribution in [0.15, 0.2) is 24.3 Å². The van der Waals surface area contributed by atoms with Crippen LogP contribution in [0.3, 0.4) is 0 Å². The van der Waals surface area contributed by atoms with Gasteiger partial charge in [-0.05, 0) is 55.9 Å². The summed E-state index contributed by atoms with van der Waals surface area (Å²) < 4.78 is 13.6. The Hall–Kier alpha value is -1.48. The highest BCUT2D eigenvalue weighted by Gasteiger charge is 2.18. The van der Waals surface area contributed by atoms with Crippen LogP contribution in [0.1, 0.15) is 50.5 Å². The van der Waals surface area contributed by atoms with Gasteiger partial charge in [-0.25, -0.2) is 4.39 Å². The maximum Gasteiger partial charge on any atom is 0.203 e. The van der Waals surface area contributed by atoms with Gasteiger partial charge in [-0.2, -0.15) is 0 Å². The zero-order valence-electron chi connectivity index (χ0n) is 11.5. The lowest BCUT2D eigenvalue weighted by Gasteiger charge is -2.01. The van der Waals surface area contributed by atoms with E-state index in [2.05, 4.69) is 0 Å². The van der Waals surface area contributed by atoms with Crippen LogP contribution >= 0.6 is 11.3 Å². The molecule has 1 aromatic carbocycles. The number of rotatable bonds is 2. The van der Waals surface area contributed by atoms with E-state index in [1.807, 2.05) is 6.07 Å². The summed E-state index contributed by atoms with van der Waals surface area (Å²) in [6.45, 7) is 1.71. The Morgan fingerprint density at radius 2 is 1.95 bits per heavy atom. The molecule has 0 spiro atoms. The summed E-state index contributed by atoms with van der Waals surface area (Å²) in [4.78, 5) is 14.6. The van der Waals surface area contributed by atoms with Crippen molar-refractivity contribution in [2.45, 2.75) is 39.0 Å². The van der Waals surface area contributed by atoms with Crippen LogP contribution in [0.5, 0.6) is 0 Å². The summed E-state index contributed by atoms with van der Waals surface area (Å²) in [5.41, 5.74) is 2.34. The molecule has 20 heavy (non-hydrogen) atoms. The first-order chi connectivity index (χ1) is 9.65. The molecule has 1 aliphatic rings. The summed E-state index contributed by atoms with van der Waals surface area (Å²) in [6.07, 6.45) is 5.83. The molecule has 1 nitrogen and oxygen atoms in total. The molecule has 0 saturated heterocycles. The predicted molar refractivity (Wildman–Crippen MR) is 80.1 cm³/mol. The van der Waals surface area contributed by atoms with Gasteiger partial charge in [-0.1, -0.05) is 18.6 Å². The van der Waals surface area contributed by atoms with Crippen LogP contribution in [0.4, 0.5) is 4.39 Å². The third-order valence-corrected chi connectivity index (χ3v) is 5.14. The Kier molecular flexibility index (Phi) is 3.70. The number of fused-ring (bicyclic) bond motifs is 1. The molecule has 0 aliphatic heterocycles.